The highest BCUT2D eigenvalue weighted by Crippen LogP contribution is 2.29. The summed E-state index contributed by atoms with van der Waals surface area (Å²) >= 11 is 5.59. The molecule has 0 unspecified atom stereocenters. The van der Waals surface area contributed by atoms with E-state index in [0.717, 1.165) is 6.07 Å². The number of nitrogens with one attached hydrogen (secondary N) is 2. The van der Waals surface area contributed by atoms with Gasteiger partial charge in [-0.3, -0.25) is 4.99 Å². The highest BCUT2D eigenvalue weighted by Gasteiger charge is 2.27. The molecule has 1 aromatic rings. The van der Waals surface area contributed by atoms with E-state index in [0.29, 0.717) is 6.54 Å². The molecule has 17 heavy (non-hydrogen) atoms. The van der Waals surface area contributed by atoms with E-state index >= 15 is 0 Å². The molecule has 2 rings (SSSR count). The normalized spacial score (nSPS) is 19.4. The first-order chi connectivity index (χ1) is 7.94. The first-order valence-electron chi connectivity index (χ1n) is 4.77. The van der Waals surface area contributed by atoms with Gasteiger partial charge in [0.1, 0.15) is 10.7 Å². The molecular formula is C9H9ClFN3O2S. The van der Waals surface area contributed by atoms with Gasteiger partial charge in [-0.2, -0.15) is 0 Å². The molecule has 8 heteroatoms. The van der Waals surface area contributed by atoms with Crippen molar-refractivity contribution in [3.63, 3.8) is 0 Å². The minimum Gasteiger partial charge on any atom is -0.324 e. The van der Waals surface area contributed by atoms with E-state index in [1.54, 1.807) is 6.92 Å². The third kappa shape index (κ3) is 2.20. The molecule has 0 radical (unpaired) electrons. The maximum atomic E-state index is 13.2. The number of benzene rings is 1. The van der Waals surface area contributed by atoms with Crippen LogP contribution >= 0.6 is 11.6 Å². The van der Waals surface area contributed by atoms with Crippen LogP contribution in [-0.2, 0) is 10.0 Å². The topological polar surface area (TPSA) is 70.6 Å². The molecule has 1 heterocycles. The Morgan fingerprint density at radius 3 is 2.82 bits per heavy atom. The van der Waals surface area contributed by atoms with Crippen molar-refractivity contribution in [2.24, 2.45) is 4.99 Å². The third-order valence-electron chi connectivity index (χ3n) is 2.11. The summed E-state index contributed by atoms with van der Waals surface area (Å²) in [5.74, 6) is -0.684. The highest BCUT2D eigenvalue weighted by molar-refractivity contribution is 7.90. The van der Waals surface area contributed by atoms with Gasteiger partial charge in [0.2, 0.25) is 5.96 Å². The molecular weight excluding hydrogens is 269 g/mol. The molecule has 92 valence electrons. The smallest absolute Gasteiger partial charge is 0.266 e. The third-order valence-corrected chi connectivity index (χ3v) is 3.78. The number of nitrogens with zero attached hydrogens (tertiary/aromatic N) is 1. The highest BCUT2D eigenvalue weighted by atomic mass is 35.5. The van der Waals surface area contributed by atoms with Crippen molar-refractivity contribution in [1.29, 1.82) is 0 Å². The average Bonchev–Trinajstić information content (AvgIpc) is 2.21. The van der Waals surface area contributed by atoms with Crippen LogP contribution in [0.2, 0.25) is 5.02 Å². The summed E-state index contributed by atoms with van der Waals surface area (Å²) in [7, 11) is -3.79. The summed E-state index contributed by atoms with van der Waals surface area (Å²) in [4.78, 5) is 3.72. The van der Waals surface area contributed by atoms with E-state index in [1.807, 2.05) is 0 Å². The Balaban J connectivity index is 2.61. The lowest BCUT2D eigenvalue weighted by Crippen LogP contribution is -2.40. The van der Waals surface area contributed by atoms with Gasteiger partial charge in [0.15, 0.2) is 0 Å². The summed E-state index contributed by atoms with van der Waals surface area (Å²) in [6.45, 7) is 2.17. The molecule has 0 aromatic heterocycles. The maximum Gasteiger partial charge on any atom is 0.266 e. The number of rotatable bonds is 1. The fourth-order valence-electron chi connectivity index (χ4n) is 1.41. The molecule has 5 nitrogen and oxygen atoms in total. The number of sulfonamides is 1. The first-order valence-corrected chi connectivity index (χ1v) is 6.63. The Hall–Kier alpha value is -1.34. The zero-order chi connectivity index (χ0) is 12.6. The van der Waals surface area contributed by atoms with Crippen LogP contribution in [0, 0.1) is 5.82 Å². The largest absolute Gasteiger partial charge is 0.324 e. The average molecular weight is 278 g/mol. The standard InChI is InChI=1S/C9H9ClFN3O2S/c1-2-12-9-13-7-3-5(10)6(11)4-8(7)17(15,16)14-9/h3-4H,2H2,1H3,(H2,12,13,14). The molecule has 1 aromatic carbocycles. The lowest BCUT2D eigenvalue weighted by Gasteiger charge is -2.21. The molecule has 0 saturated heterocycles. The van der Waals surface area contributed by atoms with Gasteiger partial charge in [0.05, 0.1) is 10.7 Å². The molecule has 0 saturated carbocycles. The van der Waals surface area contributed by atoms with E-state index in [1.165, 1.54) is 6.07 Å². The number of aliphatic imine (C=N–C) groups is 1. The van der Waals surface area contributed by atoms with Crippen molar-refractivity contribution >= 4 is 33.3 Å². The number of guanidine groups is 1. The second-order valence-electron chi connectivity index (χ2n) is 3.32. The number of hydrogen-bond donors (Lipinski definition) is 2. The molecule has 2 N–H and O–H groups in total. The van der Waals surface area contributed by atoms with Gasteiger partial charge in [-0.1, -0.05) is 11.6 Å². The summed E-state index contributed by atoms with van der Waals surface area (Å²) in [6.07, 6.45) is 0. The predicted molar refractivity (Wildman–Crippen MR) is 63.3 cm³/mol. The van der Waals surface area contributed by atoms with Crippen molar-refractivity contribution in [3.05, 3.63) is 23.0 Å². The van der Waals surface area contributed by atoms with Gasteiger partial charge in [-0.25, -0.2) is 17.5 Å². The van der Waals surface area contributed by atoms with E-state index in [9.17, 15) is 12.8 Å². The molecule has 0 spiro atoms. The Labute approximate surface area is 103 Å². The number of hydrogen-bond acceptors (Lipinski definition) is 3. The molecule has 0 atom stereocenters. The summed E-state index contributed by atoms with van der Waals surface area (Å²) in [5.41, 5.74) is 0.211. The SMILES string of the molecule is CCN=C1Nc2cc(Cl)c(F)cc2S(=O)(=O)N1. The van der Waals surface area contributed by atoms with Gasteiger partial charge < -0.3 is 5.32 Å². The predicted octanol–water partition coefficient (Wildman–Crippen LogP) is 1.56. The minimum absolute atomic E-state index is 0.0997. The van der Waals surface area contributed by atoms with Gasteiger partial charge in [0, 0.05) is 6.54 Å². The van der Waals surface area contributed by atoms with Gasteiger partial charge in [0.25, 0.3) is 10.0 Å². The quantitative estimate of drug-likeness (QED) is 0.818. The molecule has 1 aliphatic heterocycles. The Morgan fingerprint density at radius 1 is 1.47 bits per heavy atom. The van der Waals surface area contributed by atoms with Crippen LogP contribution in [0.3, 0.4) is 0 Å². The van der Waals surface area contributed by atoms with Crippen molar-refractivity contribution < 1.29 is 12.8 Å². The van der Waals surface area contributed by atoms with E-state index in [2.05, 4.69) is 15.0 Å². The maximum absolute atomic E-state index is 13.2. The summed E-state index contributed by atoms with van der Waals surface area (Å²) in [6, 6.07) is 2.09. The molecule has 0 amide bonds. The van der Waals surface area contributed by atoms with E-state index in [4.69, 9.17) is 11.6 Å². The van der Waals surface area contributed by atoms with Crippen LogP contribution in [0.4, 0.5) is 10.1 Å². The molecule has 0 fully saturated rings. The lowest BCUT2D eigenvalue weighted by molar-refractivity contribution is 0.587. The zero-order valence-corrected chi connectivity index (χ0v) is 10.4. The van der Waals surface area contributed by atoms with E-state index in [-0.39, 0.29) is 21.6 Å². The van der Waals surface area contributed by atoms with Gasteiger partial charge in [-0.15, -0.1) is 0 Å². The zero-order valence-electron chi connectivity index (χ0n) is 8.79. The fourth-order valence-corrected chi connectivity index (χ4v) is 2.72. The lowest BCUT2D eigenvalue weighted by atomic mass is 10.3. The number of halogens is 2. The number of fused-ring (bicyclic) bond motifs is 1. The van der Waals surface area contributed by atoms with Crippen LogP contribution in [0.15, 0.2) is 22.0 Å². The Kier molecular flexibility index (Phi) is 2.96. The Morgan fingerprint density at radius 2 is 2.18 bits per heavy atom. The minimum atomic E-state index is -3.79. The molecule has 0 aliphatic carbocycles. The van der Waals surface area contributed by atoms with Crippen LogP contribution < -0.4 is 10.0 Å². The van der Waals surface area contributed by atoms with Gasteiger partial charge >= 0.3 is 0 Å². The second-order valence-corrected chi connectivity index (χ2v) is 5.37. The van der Waals surface area contributed by atoms with Crippen molar-refractivity contribution in [3.8, 4) is 0 Å². The summed E-state index contributed by atoms with van der Waals surface area (Å²) in [5, 5.41) is 2.58. The fraction of sp³-hybridized carbons (Fsp3) is 0.222. The van der Waals surface area contributed by atoms with Crippen molar-refractivity contribution in [2.75, 3.05) is 11.9 Å². The summed E-state index contributed by atoms with van der Waals surface area (Å²) < 4.78 is 39.0. The number of anilines is 1. The van der Waals surface area contributed by atoms with Crippen molar-refractivity contribution in [2.45, 2.75) is 11.8 Å². The van der Waals surface area contributed by atoms with Crippen LogP contribution in [-0.4, -0.2) is 20.9 Å². The van der Waals surface area contributed by atoms with Gasteiger partial charge in [-0.05, 0) is 19.1 Å². The van der Waals surface area contributed by atoms with Crippen LogP contribution in [0.25, 0.3) is 0 Å². The molecule has 0 bridgehead atoms. The van der Waals surface area contributed by atoms with Crippen LogP contribution in [0.5, 0.6) is 0 Å². The van der Waals surface area contributed by atoms with Crippen molar-refractivity contribution in [1.82, 2.24) is 4.72 Å². The second kappa shape index (κ2) is 4.15. The first kappa shape index (κ1) is 12.1. The van der Waals surface area contributed by atoms with Crippen LogP contribution in [0.1, 0.15) is 6.92 Å². The van der Waals surface area contributed by atoms with E-state index < -0.39 is 15.8 Å². The monoisotopic (exact) mass is 277 g/mol. The Bertz CT molecular complexity index is 601. The molecule has 1 aliphatic rings.